The Kier molecular flexibility index (Phi) is 7.04. The van der Waals surface area contributed by atoms with Crippen molar-refractivity contribution in [3.63, 3.8) is 0 Å². The van der Waals surface area contributed by atoms with Crippen LogP contribution in [0.15, 0.2) is 72.9 Å². The molecule has 2 unspecified atom stereocenters. The molecule has 1 aliphatic heterocycles. The largest absolute Gasteiger partial charge is 0.352 e. The molecule has 3 heterocycles. The van der Waals surface area contributed by atoms with E-state index in [0.29, 0.717) is 5.11 Å². The number of benzene rings is 2. The van der Waals surface area contributed by atoms with Crippen LogP contribution in [0.25, 0.3) is 5.69 Å². The molecule has 194 valence electrons. The Morgan fingerprint density at radius 2 is 1.66 bits per heavy atom. The lowest BCUT2D eigenvalue weighted by Crippen LogP contribution is -2.37. The van der Waals surface area contributed by atoms with E-state index in [1.807, 2.05) is 53.4 Å². The van der Waals surface area contributed by atoms with Crippen molar-refractivity contribution in [2.75, 3.05) is 11.9 Å². The van der Waals surface area contributed by atoms with Crippen LogP contribution < -0.4 is 10.6 Å². The zero-order valence-electron chi connectivity index (χ0n) is 22.4. The molecule has 7 heteroatoms. The first kappa shape index (κ1) is 25.7. The molecule has 6 nitrogen and oxygen atoms in total. The third kappa shape index (κ3) is 4.82. The summed E-state index contributed by atoms with van der Waals surface area (Å²) in [5, 5.41) is 7.02. The fourth-order valence-corrected chi connectivity index (χ4v) is 6.05. The monoisotopic (exact) mass is 523 g/mol. The summed E-state index contributed by atoms with van der Waals surface area (Å²) in [4.78, 5) is 19.8. The molecule has 1 aliphatic rings. The molecule has 2 N–H and O–H groups in total. The highest BCUT2D eigenvalue weighted by Gasteiger charge is 2.42. The van der Waals surface area contributed by atoms with Crippen LogP contribution in [-0.4, -0.2) is 32.0 Å². The van der Waals surface area contributed by atoms with Gasteiger partial charge >= 0.3 is 0 Å². The van der Waals surface area contributed by atoms with Gasteiger partial charge in [-0.2, -0.15) is 0 Å². The van der Waals surface area contributed by atoms with Gasteiger partial charge in [-0.1, -0.05) is 42.0 Å². The van der Waals surface area contributed by atoms with Gasteiger partial charge < -0.3 is 20.1 Å². The van der Waals surface area contributed by atoms with E-state index in [-0.39, 0.29) is 24.5 Å². The second kappa shape index (κ2) is 10.4. The summed E-state index contributed by atoms with van der Waals surface area (Å²) in [6, 6.07) is 21.7. The van der Waals surface area contributed by atoms with Crippen molar-refractivity contribution in [1.29, 1.82) is 0 Å². The van der Waals surface area contributed by atoms with E-state index in [2.05, 4.69) is 73.0 Å². The van der Waals surface area contributed by atoms with E-state index in [1.54, 1.807) is 6.20 Å². The van der Waals surface area contributed by atoms with E-state index in [9.17, 15) is 4.79 Å². The van der Waals surface area contributed by atoms with Crippen molar-refractivity contribution in [2.45, 2.75) is 46.7 Å². The fraction of sp³-hybridized carbons (Fsp3) is 0.258. The zero-order chi connectivity index (χ0) is 27.0. The lowest BCUT2D eigenvalue weighted by Gasteiger charge is -2.28. The molecular formula is C31H33N5OS. The Balaban J connectivity index is 1.58. The second-order valence-corrected chi connectivity index (χ2v) is 10.5. The third-order valence-corrected chi connectivity index (χ3v) is 7.57. The third-order valence-electron chi connectivity index (χ3n) is 7.22. The molecule has 1 amide bonds. The number of amides is 1. The number of carbonyl (C=O) groups excluding carboxylic acids is 1. The summed E-state index contributed by atoms with van der Waals surface area (Å²) in [5.41, 5.74) is 9.96. The average molecular weight is 524 g/mol. The van der Waals surface area contributed by atoms with Crippen molar-refractivity contribution in [3.05, 3.63) is 112 Å². The van der Waals surface area contributed by atoms with Gasteiger partial charge in [0.25, 0.3) is 0 Å². The van der Waals surface area contributed by atoms with E-state index in [4.69, 9.17) is 12.2 Å². The standard InChI is InChI=1S/C31H33N5OS/c1-19-15-20(2)29(21(3)16-19)36-22(4)17-25(23(36)5)30-28(26-13-9-10-14-32-26)34-31(38)35(30)18-27(37)33-24-11-7-6-8-12-24/h6-17,28,30H,18H2,1-5H3,(H,33,37)(H,34,38). The number of aryl methyl sites for hydroxylation is 4. The molecule has 0 aliphatic carbocycles. The maximum Gasteiger partial charge on any atom is 0.244 e. The molecule has 0 bridgehead atoms. The molecule has 1 fully saturated rings. The minimum absolute atomic E-state index is 0.119. The normalized spacial score (nSPS) is 17.0. The van der Waals surface area contributed by atoms with Gasteiger partial charge in [0, 0.05) is 23.3 Å². The van der Waals surface area contributed by atoms with Gasteiger partial charge in [-0.25, -0.2) is 0 Å². The van der Waals surface area contributed by atoms with Crippen LogP contribution in [0.3, 0.4) is 0 Å². The van der Waals surface area contributed by atoms with Gasteiger partial charge in [-0.3, -0.25) is 9.78 Å². The molecular weight excluding hydrogens is 490 g/mol. The number of hydrogen-bond acceptors (Lipinski definition) is 3. The Hall–Kier alpha value is -3.97. The molecule has 4 aromatic rings. The summed E-state index contributed by atoms with van der Waals surface area (Å²) < 4.78 is 2.33. The summed E-state index contributed by atoms with van der Waals surface area (Å²) >= 11 is 5.81. The van der Waals surface area contributed by atoms with Crippen LogP contribution >= 0.6 is 12.2 Å². The Labute approximate surface area is 229 Å². The molecule has 2 atom stereocenters. The van der Waals surface area contributed by atoms with Crippen molar-refractivity contribution >= 4 is 28.9 Å². The summed E-state index contributed by atoms with van der Waals surface area (Å²) in [6.45, 7) is 10.9. The highest BCUT2D eigenvalue weighted by atomic mass is 32.1. The Morgan fingerprint density at radius 1 is 0.974 bits per heavy atom. The van der Waals surface area contributed by atoms with E-state index >= 15 is 0 Å². The number of nitrogens with zero attached hydrogens (tertiary/aromatic N) is 3. The molecule has 38 heavy (non-hydrogen) atoms. The SMILES string of the molecule is Cc1cc(C)c(-n2c(C)cc(C3C(c4ccccn4)NC(=S)N3CC(=O)Nc3ccccc3)c2C)c(C)c1. The number of nitrogens with one attached hydrogen (secondary N) is 2. The predicted octanol–water partition coefficient (Wildman–Crippen LogP) is 6.03. The van der Waals surface area contributed by atoms with Crippen molar-refractivity contribution in [3.8, 4) is 5.69 Å². The minimum atomic E-state index is -0.204. The number of rotatable bonds is 6. The minimum Gasteiger partial charge on any atom is -0.352 e. The first-order valence-corrected chi connectivity index (χ1v) is 13.3. The lowest BCUT2D eigenvalue weighted by atomic mass is 9.96. The fourth-order valence-electron chi connectivity index (χ4n) is 5.75. The van der Waals surface area contributed by atoms with E-state index in [1.165, 1.54) is 22.4 Å². The van der Waals surface area contributed by atoms with Gasteiger partial charge in [-0.15, -0.1) is 0 Å². The van der Waals surface area contributed by atoms with Gasteiger partial charge in [0.15, 0.2) is 5.11 Å². The van der Waals surface area contributed by atoms with Gasteiger partial charge in [0.1, 0.15) is 6.54 Å². The first-order valence-electron chi connectivity index (χ1n) is 12.8. The van der Waals surface area contributed by atoms with E-state index < -0.39 is 0 Å². The topological polar surface area (TPSA) is 62.2 Å². The summed E-state index contributed by atoms with van der Waals surface area (Å²) in [6.07, 6.45) is 1.80. The van der Waals surface area contributed by atoms with Crippen LogP contribution in [0.2, 0.25) is 0 Å². The van der Waals surface area contributed by atoms with Crippen molar-refractivity contribution in [1.82, 2.24) is 19.8 Å². The highest BCUT2D eigenvalue weighted by molar-refractivity contribution is 7.80. The molecule has 0 spiro atoms. The molecule has 2 aromatic carbocycles. The number of para-hydroxylation sites is 1. The zero-order valence-corrected chi connectivity index (χ0v) is 23.3. The summed E-state index contributed by atoms with van der Waals surface area (Å²) in [5.74, 6) is -0.119. The van der Waals surface area contributed by atoms with Crippen molar-refractivity contribution in [2.24, 2.45) is 0 Å². The number of pyridine rings is 1. The van der Waals surface area contributed by atoms with Crippen LogP contribution in [-0.2, 0) is 4.79 Å². The van der Waals surface area contributed by atoms with Gasteiger partial charge in [0.05, 0.1) is 23.5 Å². The van der Waals surface area contributed by atoms with Gasteiger partial charge in [0.2, 0.25) is 5.91 Å². The molecule has 0 saturated carbocycles. The van der Waals surface area contributed by atoms with Crippen LogP contribution in [0.1, 0.15) is 51.4 Å². The Bertz CT molecular complexity index is 1470. The van der Waals surface area contributed by atoms with Gasteiger partial charge in [-0.05, 0) is 93.9 Å². The number of hydrogen-bond donors (Lipinski definition) is 2. The maximum absolute atomic E-state index is 13.2. The number of thiocarbonyl (C=S) groups is 1. The highest BCUT2D eigenvalue weighted by Crippen LogP contribution is 2.41. The first-order chi connectivity index (χ1) is 18.2. The molecule has 5 rings (SSSR count). The van der Waals surface area contributed by atoms with Crippen LogP contribution in [0, 0.1) is 34.6 Å². The number of carbonyl (C=O) groups is 1. The molecule has 2 aromatic heterocycles. The number of anilines is 1. The average Bonchev–Trinajstić information content (AvgIpc) is 3.35. The predicted molar refractivity (Wildman–Crippen MR) is 157 cm³/mol. The van der Waals surface area contributed by atoms with Crippen LogP contribution in [0.5, 0.6) is 0 Å². The molecule has 0 radical (unpaired) electrons. The lowest BCUT2D eigenvalue weighted by molar-refractivity contribution is -0.116. The Morgan fingerprint density at radius 3 is 2.32 bits per heavy atom. The smallest absolute Gasteiger partial charge is 0.244 e. The molecule has 1 saturated heterocycles. The van der Waals surface area contributed by atoms with Crippen molar-refractivity contribution < 1.29 is 4.79 Å². The number of aromatic nitrogens is 2. The van der Waals surface area contributed by atoms with Crippen LogP contribution in [0.4, 0.5) is 5.69 Å². The maximum atomic E-state index is 13.2. The second-order valence-electron chi connectivity index (χ2n) is 10.1. The van der Waals surface area contributed by atoms with E-state index in [0.717, 1.165) is 28.3 Å². The quantitative estimate of drug-likeness (QED) is 0.303. The summed E-state index contributed by atoms with van der Waals surface area (Å²) in [7, 11) is 0.